The molecule has 5 heteroatoms. The Kier molecular flexibility index (Phi) is 3.43. The number of para-hydroxylation sites is 1. The summed E-state index contributed by atoms with van der Waals surface area (Å²) < 4.78 is 0. The van der Waals surface area contributed by atoms with E-state index in [0.717, 1.165) is 22.0 Å². The third kappa shape index (κ3) is 2.36. The van der Waals surface area contributed by atoms with Crippen molar-refractivity contribution in [3.05, 3.63) is 35.5 Å². The number of H-pyrrole nitrogens is 1. The molecule has 3 rings (SSSR count). The average Bonchev–Trinajstić information content (AvgIpc) is 3.05. The number of nitrogens with zero attached hydrogens (tertiary/aromatic N) is 1. The van der Waals surface area contributed by atoms with E-state index in [4.69, 9.17) is 0 Å². The zero-order valence-electron chi connectivity index (χ0n) is 12.8. The van der Waals surface area contributed by atoms with Crippen LogP contribution in [0.25, 0.3) is 10.9 Å². The maximum Gasteiger partial charge on any atom is 0.311 e. The van der Waals surface area contributed by atoms with E-state index in [9.17, 15) is 14.7 Å². The molecule has 116 valence electrons. The molecule has 5 nitrogen and oxygen atoms in total. The Balaban J connectivity index is 1.77. The zero-order chi connectivity index (χ0) is 15.9. The molecule has 1 amide bonds. The number of aliphatic carboxylic acids is 1. The van der Waals surface area contributed by atoms with Crippen molar-refractivity contribution in [1.82, 2.24) is 9.88 Å². The molecule has 1 fully saturated rings. The second-order valence-electron chi connectivity index (χ2n) is 6.42. The number of rotatable bonds is 3. The number of carboxylic acid groups (broad SMARTS) is 1. The first-order valence-corrected chi connectivity index (χ1v) is 7.47. The van der Waals surface area contributed by atoms with Crippen LogP contribution in [0.4, 0.5) is 0 Å². The minimum Gasteiger partial charge on any atom is -0.481 e. The number of amides is 1. The highest BCUT2D eigenvalue weighted by atomic mass is 16.4. The van der Waals surface area contributed by atoms with Crippen LogP contribution in [0.1, 0.15) is 24.5 Å². The molecule has 0 bridgehead atoms. The van der Waals surface area contributed by atoms with Gasteiger partial charge >= 0.3 is 5.97 Å². The van der Waals surface area contributed by atoms with Crippen LogP contribution in [0.2, 0.25) is 0 Å². The lowest BCUT2D eigenvalue weighted by molar-refractivity contribution is -0.147. The molecule has 0 radical (unpaired) electrons. The van der Waals surface area contributed by atoms with Gasteiger partial charge < -0.3 is 15.0 Å². The molecule has 1 aromatic heterocycles. The first-order chi connectivity index (χ1) is 10.4. The molecule has 0 aliphatic carbocycles. The van der Waals surface area contributed by atoms with Gasteiger partial charge in [-0.25, -0.2) is 0 Å². The van der Waals surface area contributed by atoms with Crippen LogP contribution < -0.4 is 0 Å². The Hall–Kier alpha value is -2.30. The highest BCUT2D eigenvalue weighted by Crippen LogP contribution is 2.31. The van der Waals surface area contributed by atoms with Crippen LogP contribution in [-0.2, 0) is 16.0 Å². The van der Waals surface area contributed by atoms with Crippen molar-refractivity contribution in [3.8, 4) is 0 Å². The maximum atomic E-state index is 12.5. The summed E-state index contributed by atoms with van der Waals surface area (Å²) in [5.41, 5.74) is 2.36. The van der Waals surface area contributed by atoms with Crippen molar-refractivity contribution in [2.45, 2.75) is 26.7 Å². The van der Waals surface area contributed by atoms with Gasteiger partial charge in [-0.1, -0.05) is 18.2 Å². The van der Waals surface area contributed by atoms with Crippen LogP contribution in [0.5, 0.6) is 0 Å². The minimum absolute atomic E-state index is 0.00705. The summed E-state index contributed by atoms with van der Waals surface area (Å²) in [6.07, 6.45) is 2.70. The normalized spacial score (nSPS) is 21.5. The van der Waals surface area contributed by atoms with Crippen molar-refractivity contribution in [3.63, 3.8) is 0 Å². The Morgan fingerprint density at radius 2 is 2.18 bits per heavy atom. The van der Waals surface area contributed by atoms with E-state index in [0.29, 0.717) is 25.9 Å². The van der Waals surface area contributed by atoms with Crippen molar-refractivity contribution in [2.75, 3.05) is 13.1 Å². The topological polar surface area (TPSA) is 73.4 Å². The molecule has 2 heterocycles. The number of carbonyl (C=O) groups excluding carboxylic acids is 1. The fraction of sp³-hybridized carbons (Fsp3) is 0.412. The third-order valence-corrected chi connectivity index (χ3v) is 4.69. The monoisotopic (exact) mass is 300 g/mol. The molecule has 1 saturated heterocycles. The van der Waals surface area contributed by atoms with Gasteiger partial charge in [-0.15, -0.1) is 0 Å². The molecule has 22 heavy (non-hydrogen) atoms. The van der Waals surface area contributed by atoms with Crippen molar-refractivity contribution < 1.29 is 14.7 Å². The van der Waals surface area contributed by atoms with Crippen LogP contribution in [0, 0.1) is 12.3 Å². The van der Waals surface area contributed by atoms with Gasteiger partial charge in [0.05, 0.1) is 11.8 Å². The van der Waals surface area contributed by atoms with E-state index in [-0.39, 0.29) is 5.91 Å². The van der Waals surface area contributed by atoms with E-state index >= 15 is 0 Å². The Morgan fingerprint density at radius 3 is 2.86 bits per heavy atom. The molecule has 2 N–H and O–H groups in total. The summed E-state index contributed by atoms with van der Waals surface area (Å²) in [7, 11) is 0. The summed E-state index contributed by atoms with van der Waals surface area (Å²) in [4.78, 5) is 28.6. The maximum absolute atomic E-state index is 12.5. The molecule has 1 aliphatic rings. The summed E-state index contributed by atoms with van der Waals surface area (Å²) in [5.74, 6) is -0.835. The molecule has 0 spiro atoms. The van der Waals surface area contributed by atoms with E-state index in [2.05, 4.69) is 4.98 Å². The number of hydrogen-bond acceptors (Lipinski definition) is 2. The lowest BCUT2D eigenvalue weighted by Gasteiger charge is -2.20. The Bertz CT molecular complexity index is 749. The minimum atomic E-state index is -0.828. The number of fused-ring (bicyclic) bond motifs is 1. The van der Waals surface area contributed by atoms with Gasteiger partial charge in [0.2, 0.25) is 5.91 Å². The smallest absolute Gasteiger partial charge is 0.311 e. The molecular weight excluding hydrogens is 280 g/mol. The van der Waals surface area contributed by atoms with Gasteiger partial charge in [-0.2, -0.15) is 0 Å². The Labute approximate surface area is 128 Å². The summed E-state index contributed by atoms with van der Waals surface area (Å²) >= 11 is 0. The summed E-state index contributed by atoms with van der Waals surface area (Å²) in [5, 5.41) is 10.3. The second kappa shape index (κ2) is 5.16. The number of aromatic amines is 1. The predicted octanol–water partition coefficient (Wildman–Crippen LogP) is 2.34. The number of hydrogen-bond donors (Lipinski definition) is 2. The van der Waals surface area contributed by atoms with E-state index in [1.54, 1.807) is 11.8 Å². The van der Waals surface area contributed by atoms with Gasteiger partial charge in [-0.05, 0) is 31.4 Å². The molecule has 2 aromatic rings. The second-order valence-corrected chi connectivity index (χ2v) is 6.42. The fourth-order valence-corrected chi connectivity index (χ4v) is 3.13. The van der Waals surface area contributed by atoms with E-state index < -0.39 is 11.4 Å². The molecular formula is C17H20N2O3. The highest BCUT2D eigenvalue weighted by Gasteiger charge is 2.42. The number of aromatic nitrogens is 1. The van der Waals surface area contributed by atoms with E-state index in [1.807, 2.05) is 31.3 Å². The molecule has 0 saturated carbocycles. The van der Waals surface area contributed by atoms with Crippen LogP contribution in [-0.4, -0.2) is 40.0 Å². The number of likely N-dealkylation sites (tertiary alicyclic amines) is 1. The summed E-state index contributed by atoms with van der Waals surface area (Å²) in [6.45, 7) is 4.55. The number of benzene rings is 1. The standard InChI is InChI=1S/C17H20N2O3/c1-11-4-3-5-13-12(9-18-15(11)13)8-14(20)19-7-6-17(2,10-19)16(21)22/h3-5,9,18H,6-8,10H2,1-2H3,(H,21,22). The van der Waals surface area contributed by atoms with Crippen molar-refractivity contribution in [1.29, 1.82) is 0 Å². The first-order valence-electron chi connectivity index (χ1n) is 7.47. The lowest BCUT2D eigenvalue weighted by atomic mass is 9.90. The number of carboxylic acids is 1. The zero-order valence-corrected chi connectivity index (χ0v) is 12.8. The average molecular weight is 300 g/mol. The summed E-state index contributed by atoms with van der Waals surface area (Å²) in [6, 6.07) is 6.02. The van der Waals surface area contributed by atoms with Crippen LogP contribution in [0.3, 0.4) is 0 Å². The fourth-order valence-electron chi connectivity index (χ4n) is 3.13. The number of carbonyl (C=O) groups is 2. The van der Waals surface area contributed by atoms with Gasteiger partial charge in [0.1, 0.15) is 0 Å². The van der Waals surface area contributed by atoms with Gasteiger partial charge in [0.25, 0.3) is 0 Å². The van der Waals surface area contributed by atoms with E-state index in [1.165, 1.54) is 0 Å². The quantitative estimate of drug-likeness (QED) is 0.913. The molecule has 1 atom stereocenters. The number of aryl methyl sites for hydroxylation is 1. The highest BCUT2D eigenvalue weighted by molar-refractivity contribution is 5.91. The van der Waals surface area contributed by atoms with Crippen LogP contribution in [0.15, 0.2) is 24.4 Å². The third-order valence-electron chi connectivity index (χ3n) is 4.69. The molecule has 1 aliphatic heterocycles. The van der Waals surface area contributed by atoms with Gasteiger partial charge in [0.15, 0.2) is 0 Å². The molecule has 1 aromatic carbocycles. The molecule has 1 unspecified atom stereocenters. The van der Waals surface area contributed by atoms with Crippen molar-refractivity contribution in [2.24, 2.45) is 5.41 Å². The van der Waals surface area contributed by atoms with Gasteiger partial charge in [0, 0.05) is 30.2 Å². The number of nitrogens with one attached hydrogen (secondary N) is 1. The Morgan fingerprint density at radius 1 is 1.41 bits per heavy atom. The lowest BCUT2D eigenvalue weighted by Crippen LogP contribution is -2.35. The first kappa shape index (κ1) is 14.6. The predicted molar refractivity (Wildman–Crippen MR) is 83.7 cm³/mol. The SMILES string of the molecule is Cc1cccc2c(CC(=O)N3CCC(C)(C(=O)O)C3)c[nH]c12. The van der Waals surface area contributed by atoms with Crippen molar-refractivity contribution >= 4 is 22.8 Å². The van der Waals surface area contributed by atoms with Crippen LogP contribution >= 0.6 is 0 Å². The van der Waals surface area contributed by atoms with Gasteiger partial charge in [-0.3, -0.25) is 9.59 Å². The largest absolute Gasteiger partial charge is 0.481 e.